The van der Waals surface area contributed by atoms with Crippen molar-refractivity contribution >= 4 is 11.6 Å². The van der Waals surface area contributed by atoms with Crippen LogP contribution in [-0.2, 0) is 0 Å². The first-order valence-corrected chi connectivity index (χ1v) is 4.38. The fourth-order valence-corrected chi connectivity index (χ4v) is 1.08. The quantitative estimate of drug-likeness (QED) is 0.480. The molecule has 1 amide bonds. The summed E-state index contributed by atoms with van der Waals surface area (Å²) in [5, 5.41) is 12.8. The van der Waals surface area contributed by atoms with E-state index in [0.29, 0.717) is 0 Å². The molecule has 1 aromatic rings. The molecule has 1 aromatic carbocycles. The molecule has 6 heteroatoms. The van der Waals surface area contributed by atoms with Crippen LogP contribution in [0.15, 0.2) is 30.9 Å². The molecular formula is C10H9FN2O3. The maximum atomic E-state index is 13.0. The van der Waals surface area contributed by atoms with Crippen molar-refractivity contribution in [2.24, 2.45) is 0 Å². The average molecular weight is 224 g/mol. The van der Waals surface area contributed by atoms with Crippen LogP contribution in [0.5, 0.6) is 0 Å². The van der Waals surface area contributed by atoms with E-state index in [1.165, 1.54) is 6.08 Å². The van der Waals surface area contributed by atoms with Crippen LogP contribution in [-0.4, -0.2) is 17.4 Å². The minimum Gasteiger partial charge on any atom is -0.349 e. The fraction of sp³-hybridized carbons (Fsp3) is 0.100. The van der Waals surface area contributed by atoms with E-state index in [1.807, 2.05) is 0 Å². The molecule has 0 saturated heterocycles. The molecule has 16 heavy (non-hydrogen) atoms. The zero-order valence-corrected chi connectivity index (χ0v) is 8.27. The Kier molecular flexibility index (Phi) is 3.71. The SMILES string of the molecule is C=CCNC(=O)c1cc(F)cc([N+](=O)[O-])c1. The summed E-state index contributed by atoms with van der Waals surface area (Å²) < 4.78 is 13.0. The van der Waals surface area contributed by atoms with Gasteiger partial charge >= 0.3 is 0 Å². The number of halogens is 1. The predicted octanol–water partition coefficient (Wildman–Crippen LogP) is 1.65. The second-order valence-corrected chi connectivity index (χ2v) is 2.95. The molecular weight excluding hydrogens is 215 g/mol. The van der Waals surface area contributed by atoms with Gasteiger partial charge in [-0.1, -0.05) is 6.08 Å². The molecule has 84 valence electrons. The lowest BCUT2D eigenvalue weighted by atomic mass is 10.2. The topological polar surface area (TPSA) is 72.2 Å². The molecule has 0 radical (unpaired) electrons. The number of carbonyl (C=O) groups is 1. The van der Waals surface area contributed by atoms with Crippen molar-refractivity contribution in [2.75, 3.05) is 6.54 Å². The Labute approximate surface area is 90.7 Å². The van der Waals surface area contributed by atoms with Gasteiger partial charge in [0.2, 0.25) is 0 Å². The van der Waals surface area contributed by atoms with Crippen molar-refractivity contribution in [1.82, 2.24) is 5.32 Å². The van der Waals surface area contributed by atoms with Gasteiger partial charge in [0, 0.05) is 18.2 Å². The molecule has 0 atom stereocenters. The van der Waals surface area contributed by atoms with Gasteiger partial charge in [0.25, 0.3) is 11.6 Å². The molecule has 1 rings (SSSR count). The second kappa shape index (κ2) is 5.01. The monoisotopic (exact) mass is 224 g/mol. The molecule has 5 nitrogen and oxygen atoms in total. The third-order valence-electron chi connectivity index (χ3n) is 1.76. The number of nitro groups is 1. The lowest BCUT2D eigenvalue weighted by Crippen LogP contribution is -2.23. The van der Waals surface area contributed by atoms with Crippen molar-refractivity contribution in [1.29, 1.82) is 0 Å². The van der Waals surface area contributed by atoms with Gasteiger partial charge in [-0.15, -0.1) is 6.58 Å². The first-order valence-electron chi connectivity index (χ1n) is 4.38. The van der Waals surface area contributed by atoms with Crippen molar-refractivity contribution in [2.45, 2.75) is 0 Å². The Bertz CT molecular complexity index is 446. The zero-order chi connectivity index (χ0) is 12.1. The molecule has 0 fully saturated rings. The van der Waals surface area contributed by atoms with Crippen LogP contribution in [0.4, 0.5) is 10.1 Å². The van der Waals surface area contributed by atoms with Crippen LogP contribution in [0.1, 0.15) is 10.4 Å². The first kappa shape index (κ1) is 11.8. The van der Waals surface area contributed by atoms with E-state index in [2.05, 4.69) is 11.9 Å². The summed E-state index contributed by atoms with van der Waals surface area (Å²) in [5.74, 6) is -1.40. The Morgan fingerprint density at radius 3 is 2.81 bits per heavy atom. The predicted molar refractivity (Wildman–Crippen MR) is 55.6 cm³/mol. The Morgan fingerprint density at radius 2 is 2.25 bits per heavy atom. The summed E-state index contributed by atoms with van der Waals surface area (Å²) >= 11 is 0. The van der Waals surface area contributed by atoms with Gasteiger partial charge in [-0.2, -0.15) is 0 Å². The van der Waals surface area contributed by atoms with E-state index in [-0.39, 0.29) is 12.1 Å². The number of carbonyl (C=O) groups excluding carboxylic acids is 1. The summed E-state index contributed by atoms with van der Waals surface area (Å²) in [5.41, 5.74) is -0.544. The molecule has 0 unspecified atom stereocenters. The minimum atomic E-state index is -0.821. The Balaban J connectivity index is 3.00. The van der Waals surface area contributed by atoms with Crippen molar-refractivity contribution in [3.63, 3.8) is 0 Å². The number of rotatable bonds is 4. The molecule has 0 heterocycles. The van der Waals surface area contributed by atoms with Crippen molar-refractivity contribution < 1.29 is 14.1 Å². The summed E-state index contributed by atoms with van der Waals surface area (Å²) in [4.78, 5) is 21.1. The number of non-ortho nitro benzene ring substituents is 1. The lowest BCUT2D eigenvalue weighted by molar-refractivity contribution is -0.385. The van der Waals surface area contributed by atoms with Gasteiger partial charge < -0.3 is 5.32 Å². The molecule has 1 N–H and O–H groups in total. The van der Waals surface area contributed by atoms with E-state index in [1.54, 1.807) is 0 Å². The number of nitrogens with zero attached hydrogens (tertiary/aromatic N) is 1. The van der Waals surface area contributed by atoms with Crippen LogP contribution in [0.3, 0.4) is 0 Å². The minimum absolute atomic E-state index is 0.0893. The Hall–Kier alpha value is -2.24. The zero-order valence-electron chi connectivity index (χ0n) is 8.27. The van der Waals surface area contributed by atoms with Crippen LogP contribution in [0.25, 0.3) is 0 Å². The van der Waals surface area contributed by atoms with Crippen LogP contribution >= 0.6 is 0 Å². The Morgan fingerprint density at radius 1 is 1.56 bits per heavy atom. The summed E-state index contributed by atoms with van der Waals surface area (Å²) in [7, 11) is 0. The highest BCUT2D eigenvalue weighted by Gasteiger charge is 2.13. The van der Waals surface area contributed by atoms with Gasteiger partial charge in [-0.3, -0.25) is 14.9 Å². The van der Waals surface area contributed by atoms with Crippen molar-refractivity contribution in [3.8, 4) is 0 Å². The van der Waals surface area contributed by atoms with Gasteiger partial charge in [0.1, 0.15) is 5.82 Å². The number of nitrogens with one attached hydrogen (secondary N) is 1. The molecule has 0 aliphatic heterocycles. The molecule has 0 spiro atoms. The lowest BCUT2D eigenvalue weighted by Gasteiger charge is -2.02. The highest BCUT2D eigenvalue weighted by atomic mass is 19.1. The largest absolute Gasteiger partial charge is 0.349 e. The van der Waals surface area contributed by atoms with Crippen LogP contribution in [0, 0.1) is 15.9 Å². The van der Waals surface area contributed by atoms with E-state index in [9.17, 15) is 19.3 Å². The van der Waals surface area contributed by atoms with Gasteiger partial charge in [0.05, 0.1) is 11.0 Å². The van der Waals surface area contributed by atoms with E-state index >= 15 is 0 Å². The van der Waals surface area contributed by atoms with Gasteiger partial charge in [-0.05, 0) is 6.07 Å². The van der Waals surface area contributed by atoms with Crippen molar-refractivity contribution in [3.05, 3.63) is 52.3 Å². The summed E-state index contributed by atoms with van der Waals surface area (Å²) in [6, 6.07) is 2.71. The average Bonchev–Trinajstić information content (AvgIpc) is 2.24. The van der Waals surface area contributed by atoms with E-state index in [4.69, 9.17) is 0 Å². The van der Waals surface area contributed by atoms with Crippen LogP contribution in [0.2, 0.25) is 0 Å². The number of hydrogen-bond donors (Lipinski definition) is 1. The van der Waals surface area contributed by atoms with E-state index in [0.717, 1.165) is 18.2 Å². The number of hydrogen-bond acceptors (Lipinski definition) is 3. The highest BCUT2D eigenvalue weighted by molar-refractivity contribution is 5.94. The smallest absolute Gasteiger partial charge is 0.273 e. The maximum Gasteiger partial charge on any atom is 0.273 e. The second-order valence-electron chi connectivity index (χ2n) is 2.95. The summed E-state index contributed by atoms with van der Waals surface area (Å²) in [6.45, 7) is 3.60. The summed E-state index contributed by atoms with van der Waals surface area (Å²) in [6.07, 6.45) is 1.45. The highest BCUT2D eigenvalue weighted by Crippen LogP contribution is 2.16. The third-order valence-corrected chi connectivity index (χ3v) is 1.76. The number of benzene rings is 1. The van der Waals surface area contributed by atoms with Gasteiger partial charge in [0.15, 0.2) is 0 Å². The molecule has 0 saturated carbocycles. The standard InChI is InChI=1S/C10H9FN2O3/c1-2-3-12-10(14)7-4-8(11)6-9(5-7)13(15)16/h2,4-6H,1,3H2,(H,12,14). The third kappa shape index (κ3) is 2.88. The molecule has 0 aromatic heterocycles. The first-order chi connectivity index (χ1) is 7.54. The maximum absolute atomic E-state index is 13.0. The fourth-order valence-electron chi connectivity index (χ4n) is 1.08. The van der Waals surface area contributed by atoms with Crippen LogP contribution < -0.4 is 5.32 Å². The van der Waals surface area contributed by atoms with E-state index < -0.39 is 22.3 Å². The molecule has 0 bridgehead atoms. The van der Waals surface area contributed by atoms with Gasteiger partial charge in [-0.25, -0.2) is 4.39 Å². The normalized spacial score (nSPS) is 9.56. The molecule has 0 aliphatic rings. The number of amides is 1. The molecule has 0 aliphatic carbocycles. The number of nitro benzene ring substituents is 1.